The minimum absolute atomic E-state index is 0.299. The van der Waals surface area contributed by atoms with Crippen LogP contribution in [0.25, 0.3) is 0 Å². The topological polar surface area (TPSA) is 55.9 Å². The van der Waals surface area contributed by atoms with Crippen molar-refractivity contribution in [2.75, 3.05) is 11.5 Å². The maximum atomic E-state index is 5.85. The van der Waals surface area contributed by atoms with Gasteiger partial charge < -0.3 is 0 Å². The molecule has 120 valence electrons. The summed E-state index contributed by atoms with van der Waals surface area (Å²) >= 11 is 4.16. The first-order chi connectivity index (χ1) is 10.2. The number of hydrogen-bond acceptors (Lipinski definition) is 5. The van der Waals surface area contributed by atoms with Crippen LogP contribution in [0, 0.1) is 0 Å². The molecule has 1 aliphatic heterocycles. The van der Waals surface area contributed by atoms with E-state index in [2.05, 4.69) is 66.7 Å². The zero-order chi connectivity index (χ0) is 15.2. The summed E-state index contributed by atoms with van der Waals surface area (Å²) in [5.41, 5.74) is 4.20. The summed E-state index contributed by atoms with van der Waals surface area (Å²) in [7, 11) is 0. The number of nitrogens with two attached hydrogens (primary N) is 1. The van der Waals surface area contributed by atoms with E-state index in [1.807, 2.05) is 0 Å². The van der Waals surface area contributed by atoms with Crippen LogP contribution in [-0.4, -0.2) is 37.8 Å². The zero-order valence-electron chi connectivity index (χ0n) is 13.3. The Morgan fingerprint density at radius 1 is 1.43 bits per heavy atom. The van der Waals surface area contributed by atoms with Gasteiger partial charge in [-0.1, -0.05) is 13.8 Å². The molecular formula is C15H28N4S2. The summed E-state index contributed by atoms with van der Waals surface area (Å²) in [6.45, 7) is 6.68. The van der Waals surface area contributed by atoms with Gasteiger partial charge in [0.2, 0.25) is 0 Å². The fourth-order valence-corrected chi connectivity index (χ4v) is 5.97. The van der Waals surface area contributed by atoms with Crippen LogP contribution in [-0.2, 0) is 6.42 Å². The average Bonchev–Trinajstić information content (AvgIpc) is 3.00. The highest BCUT2D eigenvalue weighted by atomic mass is 32.2. The summed E-state index contributed by atoms with van der Waals surface area (Å²) in [6, 6.07) is 2.90. The van der Waals surface area contributed by atoms with Gasteiger partial charge in [0.25, 0.3) is 0 Å². The van der Waals surface area contributed by atoms with Gasteiger partial charge in [-0.3, -0.25) is 16.0 Å². The van der Waals surface area contributed by atoms with Crippen LogP contribution in [0.2, 0.25) is 0 Å². The lowest BCUT2D eigenvalue weighted by Gasteiger charge is -2.35. The molecule has 2 rings (SSSR count). The number of hydrazine groups is 1. The van der Waals surface area contributed by atoms with E-state index >= 15 is 0 Å². The normalized spacial score (nSPS) is 25.7. The summed E-state index contributed by atoms with van der Waals surface area (Å²) in [5.74, 6) is 8.34. The number of nitrogens with zero attached hydrogens (tertiary/aromatic N) is 2. The van der Waals surface area contributed by atoms with E-state index < -0.39 is 0 Å². The molecule has 0 aromatic carbocycles. The molecule has 21 heavy (non-hydrogen) atoms. The maximum absolute atomic E-state index is 5.85. The molecule has 6 heteroatoms. The van der Waals surface area contributed by atoms with Crippen molar-refractivity contribution in [1.82, 2.24) is 15.2 Å². The molecule has 2 heterocycles. The van der Waals surface area contributed by atoms with Crippen LogP contribution in [0.4, 0.5) is 0 Å². The van der Waals surface area contributed by atoms with Gasteiger partial charge in [-0.25, -0.2) is 0 Å². The molecule has 4 nitrogen and oxygen atoms in total. The van der Waals surface area contributed by atoms with Crippen LogP contribution in [0.1, 0.15) is 45.3 Å². The van der Waals surface area contributed by atoms with Crippen molar-refractivity contribution in [2.45, 2.75) is 62.6 Å². The Balaban J connectivity index is 2.02. The highest BCUT2D eigenvalue weighted by Gasteiger charge is 2.32. The minimum Gasteiger partial charge on any atom is -0.271 e. The van der Waals surface area contributed by atoms with Gasteiger partial charge in [0.05, 0.1) is 5.69 Å². The molecule has 0 spiro atoms. The molecule has 0 radical (unpaired) electrons. The van der Waals surface area contributed by atoms with Gasteiger partial charge in [-0.05, 0) is 25.8 Å². The molecule has 0 saturated carbocycles. The van der Waals surface area contributed by atoms with Crippen LogP contribution in [0.3, 0.4) is 0 Å². The van der Waals surface area contributed by atoms with Gasteiger partial charge in [0, 0.05) is 46.7 Å². The van der Waals surface area contributed by atoms with Crippen molar-refractivity contribution >= 4 is 23.5 Å². The average molecular weight is 329 g/mol. The molecular weight excluding hydrogens is 300 g/mol. The van der Waals surface area contributed by atoms with Crippen LogP contribution in [0.5, 0.6) is 0 Å². The first-order valence-corrected chi connectivity index (χ1v) is 10.0. The first kappa shape index (κ1) is 17.2. The van der Waals surface area contributed by atoms with Crippen molar-refractivity contribution < 1.29 is 0 Å². The van der Waals surface area contributed by atoms with Gasteiger partial charge >= 0.3 is 0 Å². The number of rotatable bonds is 7. The molecule has 0 bridgehead atoms. The maximum Gasteiger partial charge on any atom is 0.0641 e. The molecule has 4 unspecified atom stereocenters. The molecule has 3 N–H and O–H groups in total. The minimum atomic E-state index is 0.299. The van der Waals surface area contributed by atoms with Crippen molar-refractivity contribution in [3.63, 3.8) is 0 Å². The molecule has 1 aromatic heterocycles. The lowest BCUT2D eigenvalue weighted by atomic mass is 10.0. The number of thioether (sulfide) groups is 2. The van der Waals surface area contributed by atoms with Crippen molar-refractivity contribution in [1.29, 1.82) is 0 Å². The number of nitrogens with one attached hydrogen (secondary N) is 1. The molecule has 4 atom stereocenters. The number of aromatic nitrogens is 2. The predicted octanol–water partition coefficient (Wildman–Crippen LogP) is 2.86. The fraction of sp³-hybridized carbons (Fsp3) is 0.800. The molecule has 1 aliphatic rings. The summed E-state index contributed by atoms with van der Waals surface area (Å²) in [4.78, 5) is 0. The molecule has 0 aliphatic carbocycles. The fourth-order valence-electron chi connectivity index (χ4n) is 2.73. The monoisotopic (exact) mass is 328 g/mol. The molecule has 1 fully saturated rings. The van der Waals surface area contributed by atoms with E-state index in [-0.39, 0.29) is 0 Å². The van der Waals surface area contributed by atoms with Crippen molar-refractivity contribution in [3.8, 4) is 0 Å². The SMILES string of the molecule is CCC1SCCSC1C(Cc1ccn(C(C)CC)n1)NN. The van der Waals surface area contributed by atoms with E-state index in [0.29, 0.717) is 22.6 Å². The zero-order valence-corrected chi connectivity index (χ0v) is 14.9. The molecule has 1 aromatic rings. The Bertz CT molecular complexity index is 424. The third-order valence-electron chi connectivity index (χ3n) is 4.24. The van der Waals surface area contributed by atoms with Crippen LogP contribution < -0.4 is 11.3 Å². The van der Waals surface area contributed by atoms with E-state index in [0.717, 1.165) is 18.5 Å². The highest BCUT2D eigenvalue weighted by Crippen LogP contribution is 2.35. The Kier molecular flexibility index (Phi) is 6.92. The van der Waals surface area contributed by atoms with Gasteiger partial charge in [0.1, 0.15) is 0 Å². The van der Waals surface area contributed by atoms with E-state index in [4.69, 9.17) is 10.9 Å². The lowest BCUT2D eigenvalue weighted by molar-refractivity contribution is 0.457. The lowest BCUT2D eigenvalue weighted by Crippen LogP contribution is -2.49. The van der Waals surface area contributed by atoms with Crippen LogP contribution in [0.15, 0.2) is 12.3 Å². The summed E-state index contributed by atoms with van der Waals surface area (Å²) in [5, 5.41) is 5.99. The number of hydrogen-bond donors (Lipinski definition) is 2. The van der Waals surface area contributed by atoms with Gasteiger partial charge in [-0.2, -0.15) is 28.6 Å². The third-order valence-corrected chi connectivity index (χ3v) is 7.65. The second-order valence-electron chi connectivity index (χ2n) is 5.67. The van der Waals surface area contributed by atoms with Crippen LogP contribution >= 0.6 is 23.5 Å². The van der Waals surface area contributed by atoms with E-state index in [9.17, 15) is 0 Å². The second-order valence-corrected chi connectivity index (χ2v) is 8.31. The van der Waals surface area contributed by atoms with Crippen molar-refractivity contribution in [3.05, 3.63) is 18.0 Å². The Labute approximate surface area is 137 Å². The Morgan fingerprint density at radius 2 is 2.19 bits per heavy atom. The second kappa shape index (κ2) is 8.46. The Morgan fingerprint density at radius 3 is 2.86 bits per heavy atom. The first-order valence-electron chi connectivity index (χ1n) is 7.92. The summed E-state index contributed by atoms with van der Waals surface area (Å²) < 4.78 is 2.07. The third kappa shape index (κ3) is 4.41. The van der Waals surface area contributed by atoms with Crippen molar-refractivity contribution in [2.24, 2.45) is 5.84 Å². The van der Waals surface area contributed by atoms with Gasteiger partial charge in [0.15, 0.2) is 0 Å². The quantitative estimate of drug-likeness (QED) is 0.595. The smallest absolute Gasteiger partial charge is 0.0641 e. The van der Waals surface area contributed by atoms with E-state index in [1.54, 1.807) is 0 Å². The molecule has 0 amide bonds. The molecule has 1 saturated heterocycles. The van der Waals surface area contributed by atoms with Gasteiger partial charge in [-0.15, -0.1) is 0 Å². The summed E-state index contributed by atoms with van der Waals surface area (Å²) in [6.07, 6.45) is 5.32. The predicted molar refractivity (Wildman–Crippen MR) is 94.8 cm³/mol. The largest absolute Gasteiger partial charge is 0.271 e. The highest BCUT2D eigenvalue weighted by molar-refractivity contribution is 8.07. The standard InChI is InChI=1S/C15H28N4S2/c1-4-11(3)19-7-6-12(18-19)10-13(17-16)15-14(5-2)20-8-9-21-15/h6-7,11,13-15,17H,4-5,8-10,16H2,1-3H3. The van der Waals surface area contributed by atoms with E-state index in [1.165, 1.54) is 17.9 Å². The Hall–Kier alpha value is -0.170.